The number of halogens is 4. The van der Waals surface area contributed by atoms with Gasteiger partial charge in [-0.3, -0.25) is 4.90 Å². The van der Waals surface area contributed by atoms with Crippen molar-refractivity contribution in [1.29, 1.82) is 0 Å². The maximum Gasteiger partial charge on any atom is 0.390 e. The van der Waals surface area contributed by atoms with Crippen LogP contribution >= 0.6 is 15.9 Å². The lowest BCUT2D eigenvalue weighted by Crippen LogP contribution is -2.47. The third-order valence-corrected chi connectivity index (χ3v) is 3.75. The summed E-state index contributed by atoms with van der Waals surface area (Å²) in [5.41, 5.74) is 1.12. The Balaban J connectivity index is 1.82. The van der Waals surface area contributed by atoms with E-state index in [1.807, 2.05) is 29.2 Å². The molecule has 1 saturated heterocycles. The van der Waals surface area contributed by atoms with Crippen LogP contribution in [-0.4, -0.2) is 43.8 Å². The van der Waals surface area contributed by atoms with E-state index >= 15 is 0 Å². The standard InChI is InChI=1S/C13H16BrF3N2/c14-11-2-1-3-12(10-11)19-8-6-18(7-9-19)5-4-13(15,16)17/h1-3,10H,4-9H2. The molecule has 1 heterocycles. The lowest BCUT2D eigenvalue weighted by atomic mass is 10.2. The molecule has 1 aromatic carbocycles. The van der Waals surface area contributed by atoms with Gasteiger partial charge in [-0.2, -0.15) is 13.2 Å². The monoisotopic (exact) mass is 336 g/mol. The Morgan fingerprint density at radius 2 is 1.79 bits per heavy atom. The molecule has 0 N–H and O–H groups in total. The van der Waals surface area contributed by atoms with Gasteiger partial charge in [0, 0.05) is 42.9 Å². The Labute approximate surface area is 119 Å². The zero-order valence-electron chi connectivity index (χ0n) is 10.5. The minimum absolute atomic E-state index is 0.107. The van der Waals surface area contributed by atoms with E-state index in [0.29, 0.717) is 13.1 Å². The van der Waals surface area contributed by atoms with Gasteiger partial charge >= 0.3 is 6.18 Å². The van der Waals surface area contributed by atoms with E-state index < -0.39 is 12.6 Å². The zero-order chi connectivity index (χ0) is 13.9. The summed E-state index contributed by atoms with van der Waals surface area (Å²) < 4.78 is 37.5. The molecule has 0 amide bonds. The van der Waals surface area contributed by atoms with E-state index in [2.05, 4.69) is 20.8 Å². The SMILES string of the molecule is FC(F)(F)CCN1CCN(c2cccc(Br)c2)CC1. The minimum Gasteiger partial charge on any atom is -0.369 e. The number of benzene rings is 1. The third-order valence-electron chi connectivity index (χ3n) is 3.26. The Kier molecular flexibility index (Phi) is 4.73. The molecule has 1 aliphatic heterocycles. The molecule has 1 fully saturated rings. The topological polar surface area (TPSA) is 6.48 Å². The Hall–Kier alpha value is -0.750. The van der Waals surface area contributed by atoms with Crippen LogP contribution in [0.3, 0.4) is 0 Å². The fourth-order valence-electron chi connectivity index (χ4n) is 2.19. The van der Waals surface area contributed by atoms with Crippen molar-refractivity contribution in [2.24, 2.45) is 0 Å². The Bertz CT molecular complexity index is 415. The molecule has 1 aliphatic rings. The lowest BCUT2D eigenvalue weighted by Gasteiger charge is -2.36. The maximum absolute atomic E-state index is 12.2. The van der Waals surface area contributed by atoms with E-state index in [-0.39, 0.29) is 6.54 Å². The average molecular weight is 337 g/mol. The smallest absolute Gasteiger partial charge is 0.369 e. The van der Waals surface area contributed by atoms with E-state index in [9.17, 15) is 13.2 Å². The molecule has 0 bridgehead atoms. The van der Waals surface area contributed by atoms with E-state index in [4.69, 9.17) is 0 Å². The van der Waals surface area contributed by atoms with Crippen molar-refractivity contribution in [1.82, 2.24) is 4.90 Å². The summed E-state index contributed by atoms with van der Waals surface area (Å²) in [5.74, 6) is 0. The number of alkyl halides is 3. The first kappa shape index (κ1) is 14.7. The first-order chi connectivity index (χ1) is 8.94. The largest absolute Gasteiger partial charge is 0.390 e. The predicted molar refractivity (Wildman–Crippen MR) is 73.5 cm³/mol. The molecule has 2 rings (SSSR count). The summed E-state index contributed by atoms with van der Waals surface area (Å²) in [4.78, 5) is 4.08. The molecule has 0 spiro atoms. The lowest BCUT2D eigenvalue weighted by molar-refractivity contribution is -0.138. The predicted octanol–water partition coefficient (Wildman–Crippen LogP) is 3.52. The number of piperazine rings is 1. The van der Waals surface area contributed by atoms with Crippen molar-refractivity contribution in [3.8, 4) is 0 Å². The van der Waals surface area contributed by atoms with E-state index in [0.717, 1.165) is 23.2 Å². The third kappa shape index (κ3) is 4.69. The molecule has 106 valence electrons. The molecule has 19 heavy (non-hydrogen) atoms. The first-order valence-corrected chi connectivity index (χ1v) is 7.03. The zero-order valence-corrected chi connectivity index (χ0v) is 12.0. The van der Waals surface area contributed by atoms with Crippen LogP contribution in [0, 0.1) is 0 Å². The van der Waals surface area contributed by atoms with Gasteiger partial charge in [-0.15, -0.1) is 0 Å². The van der Waals surface area contributed by atoms with Gasteiger partial charge in [-0.1, -0.05) is 22.0 Å². The van der Waals surface area contributed by atoms with E-state index in [1.54, 1.807) is 0 Å². The maximum atomic E-state index is 12.2. The van der Waals surface area contributed by atoms with Crippen LogP contribution in [0.5, 0.6) is 0 Å². The minimum atomic E-state index is -4.05. The highest BCUT2D eigenvalue weighted by Gasteiger charge is 2.28. The highest BCUT2D eigenvalue weighted by molar-refractivity contribution is 9.10. The molecule has 0 unspecified atom stereocenters. The molecule has 6 heteroatoms. The average Bonchev–Trinajstić information content (AvgIpc) is 2.36. The van der Waals surface area contributed by atoms with Crippen LogP contribution in [0.15, 0.2) is 28.7 Å². The second-order valence-corrected chi connectivity index (χ2v) is 5.59. The summed E-state index contributed by atoms with van der Waals surface area (Å²) in [6, 6.07) is 7.99. The van der Waals surface area contributed by atoms with Crippen molar-refractivity contribution in [2.75, 3.05) is 37.6 Å². The Morgan fingerprint density at radius 1 is 1.11 bits per heavy atom. The van der Waals surface area contributed by atoms with Crippen LogP contribution in [0.2, 0.25) is 0 Å². The summed E-state index contributed by atoms with van der Waals surface area (Å²) >= 11 is 3.43. The number of anilines is 1. The number of rotatable bonds is 3. The number of hydrogen-bond acceptors (Lipinski definition) is 2. The van der Waals surface area contributed by atoms with Crippen molar-refractivity contribution >= 4 is 21.6 Å². The highest BCUT2D eigenvalue weighted by Crippen LogP contribution is 2.23. The van der Waals surface area contributed by atoms with Gasteiger partial charge in [0.25, 0.3) is 0 Å². The number of nitrogens with zero attached hydrogens (tertiary/aromatic N) is 2. The molecular weight excluding hydrogens is 321 g/mol. The summed E-state index contributed by atoms with van der Waals surface area (Å²) in [6.07, 6.45) is -4.77. The van der Waals surface area contributed by atoms with Crippen LogP contribution in [0.1, 0.15) is 6.42 Å². The Morgan fingerprint density at radius 3 is 2.37 bits per heavy atom. The van der Waals surface area contributed by atoms with Gasteiger partial charge in [-0.05, 0) is 18.2 Å². The van der Waals surface area contributed by atoms with Gasteiger partial charge in [0.2, 0.25) is 0 Å². The van der Waals surface area contributed by atoms with Crippen LogP contribution in [-0.2, 0) is 0 Å². The second kappa shape index (κ2) is 6.13. The molecule has 2 nitrogen and oxygen atoms in total. The van der Waals surface area contributed by atoms with Gasteiger partial charge in [0.1, 0.15) is 0 Å². The fraction of sp³-hybridized carbons (Fsp3) is 0.538. The normalized spacial score (nSPS) is 17.8. The summed E-state index contributed by atoms with van der Waals surface area (Å²) in [6.45, 7) is 3.02. The molecule has 0 saturated carbocycles. The fourth-order valence-corrected chi connectivity index (χ4v) is 2.57. The van der Waals surface area contributed by atoms with E-state index in [1.165, 1.54) is 0 Å². The summed E-state index contributed by atoms with van der Waals surface area (Å²) in [7, 11) is 0. The van der Waals surface area contributed by atoms with Crippen molar-refractivity contribution in [2.45, 2.75) is 12.6 Å². The molecular formula is C13H16BrF3N2. The molecule has 1 aromatic rings. The molecule has 0 aromatic heterocycles. The molecule has 0 atom stereocenters. The van der Waals surface area contributed by atoms with Crippen molar-refractivity contribution < 1.29 is 13.2 Å². The number of hydrogen-bond donors (Lipinski definition) is 0. The molecule has 0 aliphatic carbocycles. The first-order valence-electron chi connectivity index (χ1n) is 6.24. The second-order valence-electron chi connectivity index (χ2n) is 4.67. The van der Waals surface area contributed by atoms with Crippen LogP contribution in [0.4, 0.5) is 18.9 Å². The van der Waals surface area contributed by atoms with Crippen molar-refractivity contribution in [3.63, 3.8) is 0 Å². The van der Waals surface area contributed by atoms with Gasteiger partial charge < -0.3 is 4.90 Å². The quantitative estimate of drug-likeness (QED) is 0.833. The van der Waals surface area contributed by atoms with Gasteiger partial charge in [0.15, 0.2) is 0 Å². The highest BCUT2D eigenvalue weighted by atomic mass is 79.9. The van der Waals surface area contributed by atoms with Crippen LogP contribution < -0.4 is 4.90 Å². The molecule has 0 radical (unpaired) electrons. The van der Waals surface area contributed by atoms with Crippen molar-refractivity contribution in [3.05, 3.63) is 28.7 Å². The van der Waals surface area contributed by atoms with Crippen LogP contribution in [0.25, 0.3) is 0 Å². The van der Waals surface area contributed by atoms with Gasteiger partial charge in [0.05, 0.1) is 6.42 Å². The summed E-state index contributed by atoms with van der Waals surface area (Å²) in [5, 5.41) is 0. The van der Waals surface area contributed by atoms with Gasteiger partial charge in [-0.25, -0.2) is 0 Å².